The van der Waals surface area contributed by atoms with Crippen molar-refractivity contribution in [1.29, 1.82) is 0 Å². The van der Waals surface area contributed by atoms with Crippen LogP contribution in [0.4, 0.5) is 8.78 Å². The number of rotatable bonds is 6. The molecule has 1 rings (SSSR count). The summed E-state index contributed by atoms with van der Waals surface area (Å²) in [4.78, 5) is 10.4. The largest absolute Gasteiger partial charge is 0.480 e. The van der Waals surface area contributed by atoms with Gasteiger partial charge in [-0.25, -0.2) is 17.2 Å². The third kappa shape index (κ3) is 4.53. The van der Waals surface area contributed by atoms with E-state index in [1.165, 1.54) is 0 Å². The molecule has 0 aromatic heterocycles. The summed E-state index contributed by atoms with van der Waals surface area (Å²) in [6.07, 6.45) is 0.0619. The third-order valence-electron chi connectivity index (χ3n) is 2.45. The number of sulfonamides is 1. The maximum atomic E-state index is 13.0. The predicted molar refractivity (Wildman–Crippen MR) is 67.6 cm³/mol. The van der Waals surface area contributed by atoms with Crippen LogP contribution < -0.4 is 4.72 Å². The number of carboxylic acids is 1. The zero-order valence-electron chi connectivity index (χ0n) is 10.9. The van der Waals surface area contributed by atoms with E-state index in [1.54, 1.807) is 13.8 Å². The summed E-state index contributed by atoms with van der Waals surface area (Å²) in [5.41, 5.74) is 0. The van der Waals surface area contributed by atoms with Crippen LogP contribution in [0.2, 0.25) is 0 Å². The van der Waals surface area contributed by atoms with E-state index in [0.29, 0.717) is 18.2 Å². The predicted octanol–water partition coefficient (Wildman–Crippen LogP) is 1.74. The van der Waals surface area contributed by atoms with Crippen molar-refractivity contribution in [3.63, 3.8) is 0 Å². The first kappa shape index (κ1) is 16.5. The van der Waals surface area contributed by atoms with E-state index in [1.807, 2.05) is 4.72 Å². The molecule has 0 aliphatic rings. The van der Waals surface area contributed by atoms with Crippen LogP contribution in [0.3, 0.4) is 0 Å². The van der Waals surface area contributed by atoms with E-state index < -0.39 is 38.6 Å². The van der Waals surface area contributed by atoms with Gasteiger partial charge in [0, 0.05) is 6.07 Å². The van der Waals surface area contributed by atoms with Gasteiger partial charge in [-0.3, -0.25) is 4.79 Å². The average molecular weight is 307 g/mol. The molecule has 20 heavy (non-hydrogen) atoms. The molecule has 2 N–H and O–H groups in total. The van der Waals surface area contributed by atoms with Crippen molar-refractivity contribution >= 4 is 16.0 Å². The molecular formula is C12H15F2NO4S. The molecule has 0 saturated heterocycles. The fraction of sp³-hybridized carbons (Fsp3) is 0.417. The van der Waals surface area contributed by atoms with Crippen molar-refractivity contribution in [3.05, 3.63) is 29.8 Å². The Kier molecular flexibility index (Phi) is 5.18. The molecule has 1 aromatic carbocycles. The zero-order chi connectivity index (χ0) is 15.5. The minimum Gasteiger partial charge on any atom is -0.480 e. The Balaban J connectivity index is 3.06. The highest BCUT2D eigenvalue weighted by molar-refractivity contribution is 7.89. The second-order valence-electron chi connectivity index (χ2n) is 4.75. The Hall–Kier alpha value is -1.54. The third-order valence-corrected chi connectivity index (χ3v) is 3.90. The molecule has 0 fully saturated rings. The van der Waals surface area contributed by atoms with E-state index in [-0.39, 0.29) is 12.3 Å². The molecule has 0 bridgehead atoms. The van der Waals surface area contributed by atoms with Crippen LogP contribution in [0.5, 0.6) is 0 Å². The number of halogens is 2. The van der Waals surface area contributed by atoms with Crippen LogP contribution in [0.25, 0.3) is 0 Å². The molecule has 0 aliphatic heterocycles. The highest BCUT2D eigenvalue weighted by atomic mass is 32.2. The molecule has 1 aromatic rings. The van der Waals surface area contributed by atoms with Crippen LogP contribution in [0.15, 0.2) is 23.1 Å². The molecule has 1 atom stereocenters. The van der Waals surface area contributed by atoms with Gasteiger partial charge in [-0.05, 0) is 24.5 Å². The first-order valence-electron chi connectivity index (χ1n) is 5.83. The van der Waals surface area contributed by atoms with Gasteiger partial charge < -0.3 is 5.11 Å². The van der Waals surface area contributed by atoms with Crippen LogP contribution in [-0.4, -0.2) is 25.5 Å². The lowest BCUT2D eigenvalue weighted by Gasteiger charge is -2.16. The highest BCUT2D eigenvalue weighted by Gasteiger charge is 2.26. The average Bonchev–Trinajstić information content (AvgIpc) is 2.25. The summed E-state index contributed by atoms with van der Waals surface area (Å²) in [5.74, 6) is -3.52. The molecule has 0 aliphatic carbocycles. The first-order chi connectivity index (χ1) is 9.11. The van der Waals surface area contributed by atoms with Crippen LogP contribution in [0.1, 0.15) is 20.3 Å². The standard InChI is InChI=1S/C12H15F2NO4S/c1-7(2)3-11(12(16)17)15-20(18,19)10-5-8(13)4-9(14)6-10/h4-7,11,15H,3H2,1-2H3,(H,16,17)/t11-/m1/s1. The van der Waals surface area contributed by atoms with E-state index in [9.17, 15) is 22.0 Å². The number of hydrogen-bond acceptors (Lipinski definition) is 3. The Bertz CT molecular complexity index is 581. The summed E-state index contributed by atoms with van der Waals surface area (Å²) in [7, 11) is -4.31. The lowest BCUT2D eigenvalue weighted by Crippen LogP contribution is -2.41. The molecule has 5 nitrogen and oxygen atoms in total. The maximum Gasteiger partial charge on any atom is 0.321 e. The molecule has 0 amide bonds. The minimum absolute atomic E-state index is 0.0619. The second-order valence-corrected chi connectivity index (χ2v) is 6.46. The van der Waals surface area contributed by atoms with Gasteiger partial charge in [-0.2, -0.15) is 4.72 Å². The molecule has 0 heterocycles. The maximum absolute atomic E-state index is 13.0. The first-order valence-corrected chi connectivity index (χ1v) is 7.31. The molecule has 0 radical (unpaired) electrons. The number of carboxylic acid groups (broad SMARTS) is 1. The Labute approximate surface area is 115 Å². The lowest BCUT2D eigenvalue weighted by molar-refractivity contribution is -0.139. The molecule has 0 saturated carbocycles. The summed E-state index contributed by atoms with van der Waals surface area (Å²) in [6, 6.07) is 0.424. The smallest absolute Gasteiger partial charge is 0.321 e. The number of aliphatic carboxylic acids is 1. The minimum atomic E-state index is -4.31. The van der Waals surface area contributed by atoms with Gasteiger partial charge in [0.2, 0.25) is 10.0 Å². The number of benzene rings is 1. The molecular weight excluding hydrogens is 292 g/mol. The highest BCUT2D eigenvalue weighted by Crippen LogP contribution is 2.15. The van der Waals surface area contributed by atoms with Crippen molar-refractivity contribution in [1.82, 2.24) is 4.72 Å². The van der Waals surface area contributed by atoms with Crippen molar-refractivity contribution in [2.75, 3.05) is 0 Å². The SMILES string of the molecule is CC(C)C[C@@H](NS(=O)(=O)c1cc(F)cc(F)c1)C(=O)O. The van der Waals surface area contributed by atoms with Gasteiger partial charge in [0.25, 0.3) is 0 Å². The molecule has 112 valence electrons. The quantitative estimate of drug-likeness (QED) is 0.838. The van der Waals surface area contributed by atoms with E-state index in [0.717, 1.165) is 0 Å². The topological polar surface area (TPSA) is 83.5 Å². The van der Waals surface area contributed by atoms with E-state index in [4.69, 9.17) is 5.11 Å². The van der Waals surface area contributed by atoms with Gasteiger partial charge in [0.05, 0.1) is 4.90 Å². The Morgan fingerprint density at radius 1 is 1.25 bits per heavy atom. The lowest BCUT2D eigenvalue weighted by atomic mass is 10.1. The van der Waals surface area contributed by atoms with Gasteiger partial charge in [0.15, 0.2) is 0 Å². The molecule has 0 unspecified atom stereocenters. The van der Waals surface area contributed by atoms with Crippen molar-refractivity contribution in [2.24, 2.45) is 5.92 Å². The monoisotopic (exact) mass is 307 g/mol. The summed E-state index contributed by atoms with van der Waals surface area (Å²) < 4.78 is 51.8. The number of carbonyl (C=O) groups is 1. The fourth-order valence-corrected chi connectivity index (χ4v) is 2.85. The Morgan fingerprint density at radius 2 is 1.75 bits per heavy atom. The van der Waals surface area contributed by atoms with Gasteiger partial charge in [0.1, 0.15) is 17.7 Å². The normalized spacial score (nSPS) is 13.4. The van der Waals surface area contributed by atoms with Crippen molar-refractivity contribution < 1.29 is 27.1 Å². The van der Waals surface area contributed by atoms with E-state index in [2.05, 4.69) is 0 Å². The second kappa shape index (κ2) is 6.27. The molecule has 0 spiro atoms. The summed E-state index contributed by atoms with van der Waals surface area (Å²) in [5, 5.41) is 8.97. The zero-order valence-corrected chi connectivity index (χ0v) is 11.7. The Morgan fingerprint density at radius 3 is 2.15 bits per heavy atom. The summed E-state index contributed by atoms with van der Waals surface area (Å²) in [6.45, 7) is 3.46. The van der Waals surface area contributed by atoms with Crippen molar-refractivity contribution in [3.8, 4) is 0 Å². The number of nitrogens with one attached hydrogen (secondary N) is 1. The van der Waals surface area contributed by atoms with Crippen molar-refractivity contribution in [2.45, 2.75) is 31.2 Å². The van der Waals surface area contributed by atoms with Gasteiger partial charge in [-0.1, -0.05) is 13.8 Å². The van der Waals surface area contributed by atoms with Gasteiger partial charge in [-0.15, -0.1) is 0 Å². The van der Waals surface area contributed by atoms with E-state index >= 15 is 0 Å². The fourth-order valence-electron chi connectivity index (χ4n) is 1.61. The number of hydrogen-bond donors (Lipinski definition) is 2. The summed E-state index contributed by atoms with van der Waals surface area (Å²) >= 11 is 0. The van der Waals surface area contributed by atoms with Crippen LogP contribution >= 0.6 is 0 Å². The van der Waals surface area contributed by atoms with Gasteiger partial charge >= 0.3 is 5.97 Å². The van der Waals surface area contributed by atoms with Crippen LogP contribution in [0, 0.1) is 17.6 Å². The molecule has 8 heteroatoms. The van der Waals surface area contributed by atoms with Crippen LogP contribution in [-0.2, 0) is 14.8 Å².